The Labute approximate surface area is 95.6 Å². The van der Waals surface area contributed by atoms with Gasteiger partial charge in [-0.25, -0.2) is 0 Å². The second-order valence-electron chi connectivity index (χ2n) is 4.15. The first-order valence-corrected chi connectivity index (χ1v) is 6.34. The third-order valence-corrected chi connectivity index (χ3v) is 4.06. The highest BCUT2D eigenvalue weighted by Gasteiger charge is 2.19. The number of aliphatic hydroxyl groups is 2. The second-order valence-corrected chi connectivity index (χ2v) is 5.10. The summed E-state index contributed by atoms with van der Waals surface area (Å²) in [4.78, 5) is 1.32. The lowest BCUT2D eigenvalue weighted by molar-refractivity contribution is 0.00967. The largest absolute Gasteiger partial charge is 0.390 e. The van der Waals surface area contributed by atoms with Crippen LogP contribution in [0, 0.1) is 6.92 Å². The lowest BCUT2D eigenvalue weighted by Crippen LogP contribution is -2.26. The minimum atomic E-state index is -0.605. The van der Waals surface area contributed by atoms with Crippen LogP contribution in [0.3, 0.4) is 0 Å². The maximum absolute atomic E-state index is 9.73. The monoisotopic (exact) mass is 228 g/mol. The summed E-state index contributed by atoms with van der Waals surface area (Å²) >= 11 is 1.73. The Morgan fingerprint density at radius 1 is 1.33 bits per heavy atom. The van der Waals surface area contributed by atoms with Crippen molar-refractivity contribution in [2.24, 2.45) is 0 Å². The molecule has 0 amide bonds. The number of thiophene rings is 1. The first-order valence-electron chi connectivity index (χ1n) is 5.46. The fourth-order valence-corrected chi connectivity index (χ4v) is 2.79. The summed E-state index contributed by atoms with van der Waals surface area (Å²) < 4.78 is 0. The molecule has 1 rings (SSSR count). The Hall–Kier alpha value is -0.380. The van der Waals surface area contributed by atoms with Crippen molar-refractivity contribution in [3.8, 4) is 0 Å². The average Bonchev–Trinajstić information content (AvgIpc) is 2.63. The molecule has 0 aliphatic rings. The van der Waals surface area contributed by atoms with Gasteiger partial charge in [0.25, 0.3) is 0 Å². The summed E-state index contributed by atoms with van der Waals surface area (Å²) in [5, 5.41) is 21.3. The quantitative estimate of drug-likeness (QED) is 0.813. The van der Waals surface area contributed by atoms with Crippen molar-refractivity contribution in [1.29, 1.82) is 0 Å². The molecule has 15 heavy (non-hydrogen) atoms. The summed E-state index contributed by atoms with van der Waals surface area (Å²) in [5.74, 6) is 0.321. The van der Waals surface area contributed by atoms with Crippen LogP contribution in [-0.2, 0) is 0 Å². The number of aliphatic hydroxyl groups excluding tert-OH is 2. The minimum Gasteiger partial charge on any atom is -0.390 e. The predicted molar refractivity (Wildman–Crippen MR) is 64.4 cm³/mol. The fourth-order valence-electron chi connectivity index (χ4n) is 1.79. The summed E-state index contributed by atoms with van der Waals surface area (Å²) in [6, 6.07) is 2.10. The molecule has 86 valence electrons. The maximum Gasteiger partial charge on any atom is 0.0805 e. The summed E-state index contributed by atoms with van der Waals surface area (Å²) in [6.07, 6.45) is 0.0486. The minimum absolute atomic E-state index is 0.321. The second kappa shape index (κ2) is 5.64. The van der Waals surface area contributed by atoms with E-state index in [2.05, 4.69) is 25.3 Å². The molecule has 0 radical (unpaired) electrons. The van der Waals surface area contributed by atoms with Crippen LogP contribution in [0.25, 0.3) is 0 Å². The third-order valence-electron chi connectivity index (χ3n) is 2.81. The van der Waals surface area contributed by atoms with Gasteiger partial charge in [0.05, 0.1) is 12.2 Å². The van der Waals surface area contributed by atoms with E-state index in [1.54, 1.807) is 11.3 Å². The standard InChI is InChI=1S/C12H20O2S/c1-4-10(13)11(14)7-9(3)12-8(2)5-6-15-12/h5-6,9-11,13-14H,4,7H2,1-3H3. The highest BCUT2D eigenvalue weighted by molar-refractivity contribution is 7.10. The molecule has 3 atom stereocenters. The number of hydrogen-bond donors (Lipinski definition) is 2. The molecule has 2 nitrogen and oxygen atoms in total. The number of hydrogen-bond acceptors (Lipinski definition) is 3. The Balaban J connectivity index is 2.56. The molecule has 0 aliphatic carbocycles. The van der Waals surface area contributed by atoms with Crippen molar-refractivity contribution in [2.75, 3.05) is 0 Å². The summed E-state index contributed by atoms with van der Waals surface area (Å²) in [7, 11) is 0. The molecular formula is C12H20O2S. The average molecular weight is 228 g/mol. The zero-order valence-electron chi connectivity index (χ0n) is 9.60. The van der Waals surface area contributed by atoms with Crippen LogP contribution in [0.2, 0.25) is 0 Å². The first kappa shape index (κ1) is 12.7. The molecule has 1 aromatic heterocycles. The van der Waals surface area contributed by atoms with E-state index in [9.17, 15) is 10.2 Å². The van der Waals surface area contributed by atoms with E-state index in [0.29, 0.717) is 18.8 Å². The number of aryl methyl sites for hydroxylation is 1. The third kappa shape index (κ3) is 3.30. The van der Waals surface area contributed by atoms with E-state index in [-0.39, 0.29) is 0 Å². The molecule has 0 saturated heterocycles. The van der Waals surface area contributed by atoms with Gasteiger partial charge in [0.1, 0.15) is 0 Å². The van der Waals surface area contributed by atoms with Gasteiger partial charge >= 0.3 is 0 Å². The SMILES string of the molecule is CCC(O)C(O)CC(C)c1sccc1C. The molecule has 0 bridgehead atoms. The van der Waals surface area contributed by atoms with Crippen molar-refractivity contribution < 1.29 is 10.2 Å². The molecule has 0 saturated carbocycles. The predicted octanol–water partition coefficient (Wildman–Crippen LogP) is 2.68. The highest BCUT2D eigenvalue weighted by atomic mass is 32.1. The van der Waals surface area contributed by atoms with Crippen molar-refractivity contribution in [3.05, 3.63) is 21.9 Å². The van der Waals surface area contributed by atoms with E-state index >= 15 is 0 Å². The Bertz CT molecular complexity index is 296. The molecular weight excluding hydrogens is 208 g/mol. The lowest BCUT2D eigenvalue weighted by atomic mass is 9.96. The van der Waals surface area contributed by atoms with Crippen LogP contribution in [0.1, 0.15) is 43.0 Å². The Morgan fingerprint density at radius 3 is 2.47 bits per heavy atom. The van der Waals surface area contributed by atoms with E-state index in [0.717, 1.165) is 0 Å². The zero-order chi connectivity index (χ0) is 11.4. The van der Waals surface area contributed by atoms with Gasteiger partial charge < -0.3 is 10.2 Å². The van der Waals surface area contributed by atoms with Crippen LogP contribution in [0.5, 0.6) is 0 Å². The van der Waals surface area contributed by atoms with Crippen LogP contribution in [-0.4, -0.2) is 22.4 Å². The molecule has 1 aromatic rings. The van der Waals surface area contributed by atoms with Crippen LogP contribution >= 0.6 is 11.3 Å². The lowest BCUT2D eigenvalue weighted by Gasteiger charge is -2.20. The number of rotatable bonds is 5. The smallest absolute Gasteiger partial charge is 0.0805 e. The van der Waals surface area contributed by atoms with E-state index < -0.39 is 12.2 Å². The summed E-state index contributed by atoms with van der Waals surface area (Å²) in [6.45, 7) is 6.07. The fraction of sp³-hybridized carbons (Fsp3) is 0.667. The molecule has 1 heterocycles. The van der Waals surface area contributed by atoms with Gasteiger partial charge in [-0.3, -0.25) is 0 Å². The maximum atomic E-state index is 9.73. The van der Waals surface area contributed by atoms with Crippen molar-refractivity contribution in [3.63, 3.8) is 0 Å². The topological polar surface area (TPSA) is 40.5 Å². The molecule has 3 heteroatoms. The van der Waals surface area contributed by atoms with Gasteiger partial charge in [0.15, 0.2) is 0 Å². The van der Waals surface area contributed by atoms with Crippen molar-refractivity contribution in [1.82, 2.24) is 0 Å². The molecule has 0 aromatic carbocycles. The normalized spacial score (nSPS) is 17.4. The highest BCUT2D eigenvalue weighted by Crippen LogP contribution is 2.29. The molecule has 0 aliphatic heterocycles. The Kier molecular flexibility index (Phi) is 4.77. The van der Waals surface area contributed by atoms with E-state index in [1.807, 2.05) is 6.92 Å². The van der Waals surface area contributed by atoms with Crippen LogP contribution in [0.4, 0.5) is 0 Å². The van der Waals surface area contributed by atoms with Crippen LogP contribution in [0.15, 0.2) is 11.4 Å². The van der Waals surface area contributed by atoms with Gasteiger partial charge in [-0.15, -0.1) is 11.3 Å². The first-order chi connectivity index (χ1) is 7.06. The zero-order valence-corrected chi connectivity index (χ0v) is 10.4. The van der Waals surface area contributed by atoms with Gasteiger partial charge in [-0.1, -0.05) is 13.8 Å². The van der Waals surface area contributed by atoms with Gasteiger partial charge in [0.2, 0.25) is 0 Å². The molecule has 2 N–H and O–H groups in total. The van der Waals surface area contributed by atoms with E-state index in [1.165, 1.54) is 10.4 Å². The molecule has 0 fully saturated rings. The van der Waals surface area contributed by atoms with Gasteiger partial charge in [0, 0.05) is 4.88 Å². The van der Waals surface area contributed by atoms with Crippen molar-refractivity contribution in [2.45, 2.75) is 51.7 Å². The van der Waals surface area contributed by atoms with Gasteiger partial charge in [-0.2, -0.15) is 0 Å². The van der Waals surface area contributed by atoms with Gasteiger partial charge in [-0.05, 0) is 42.7 Å². The molecule has 0 spiro atoms. The Morgan fingerprint density at radius 2 is 2.00 bits per heavy atom. The molecule has 3 unspecified atom stereocenters. The summed E-state index contributed by atoms with van der Waals surface area (Å²) in [5.41, 5.74) is 1.28. The van der Waals surface area contributed by atoms with E-state index in [4.69, 9.17) is 0 Å². The van der Waals surface area contributed by atoms with Crippen molar-refractivity contribution >= 4 is 11.3 Å². The van der Waals surface area contributed by atoms with Crippen LogP contribution < -0.4 is 0 Å².